The SMILES string of the molecule is Cc1ccnn1CCC(=O)NCCCNc1cccnc1. The maximum absolute atomic E-state index is 11.7. The van der Waals surface area contributed by atoms with Crippen LogP contribution < -0.4 is 10.6 Å². The summed E-state index contributed by atoms with van der Waals surface area (Å²) in [5.41, 5.74) is 2.07. The molecule has 1 amide bonds. The topological polar surface area (TPSA) is 71.8 Å². The smallest absolute Gasteiger partial charge is 0.221 e. The highest BCUT2D eigenvalue weighted by molar-refractivity contribution is 5.75. The molecule has 0 saturated heterocycles. The molecule has 0 aliphatic carbocycles. The quantitative estimate of drug-likeness (QED) is 0.723. The van der Waals surface area contributed by atoms with Crippen molar-refractivity contribution in [2.24, 2.45) is 0 Å². The second-order valence-electron chi connectivity index (χ2n) is 4.82. The van der Waals surface area contributed by atoms with E-state index in [9.17, 15) is 4.79 Å². The lowest BCUT2D eigenvalue weighted by Gasteiger charge is -2.08. The molecule has 2 aromatic heterocycles. The van der Waals surface area contributed by atoms with Gasteiger partial charge in [-0.2, -0.15) is 5.10 Å². The first-order valence-electron chi connectivity index (χ1n) is 7.15. The molecule has 0 saturated carbocycles. The van der Waals surface area contributed by atoms with Crippen LogP contribution in [0.3, 0.4) is 0 Å². The average molecular weight is 287 g/mol. The van der Waals surface area contributed by atoms with Crippen LogP contribution >= 0.6 is 0 Å². The number of nitrogens with one attached hydrogen (secondary N) is 2. The molecule has 0 atom stereocenters. The van der Waals surface area contributed by atoms with Crippen LogP contribution in [-0.2, 0) is 11.3 Å². The minimum atomic E-state index is 0.0614. The fourth-order valence-corrected chi connectivity index (χ4v) is 1.94. The van der Waals surface area contributed by atoms with Crippen molar-refractivity contribution < 1.29 is 4.79 Å². The molecule has 0 aromatic carbocycles. The number of carbonyl (C=O) groups is 1. The highest BCUT2D eigenvalue weighted by Gasteiger charge is 2.03. The molecular weight excluding hydrogens is 266 g/mol. The summed E-state index contributed by atoms with van der Waals surface area (Å²) in [6, 6.07) is 5.79. The standard InChI is InChI=1S/C15H21N5O/c1-13-5-10-19-20(13)11-6-15(21)18-9-3-8-17-14-4-2-7-16-12-14/h2,4-5,7,10,12,17H,3,6,8-9,11H2,1H3,(H,18,21). The molecular formula is C15H21N5O. The summed E-state index contributed by atoms with van der Waals surface area (Å²) in [5, 5.41) is 10.3. The van der Waals surface area contributed by atoms with E-state index in [1.54, 1.807) is 18.6 Å². The van der Waals surface area contributed by atoms with Gasteiger partial charge in [0.05, 0.1) is 5.69 Å². The summed E-state index contributed by atoms with van der Waals surface area (Å²) in [6.07, 6.45) is 6.61. The van der Waals surface area contributed by atoms with Crippen LogP contribution in [0.25, 0.3) is 0 Å². The molecule has 2 aromatic rings. The van der Waals surface area contributed by atoms with E-state index < -0.39 is 0 Å². The maximum atomic E-state index is 11.7. The monoisotopic (exact) mass is 287 g/mol. The Hall–Kier alpha value is -2.37. The van der Waals surface area contributed by atoms with Crippen LogP contribution in [0.4, 0.5) is 5.69 Å². The van der Waals surface area contributed by atoms with Gasteiger partial charge in [0.1, 0.15) is 0 Å². The highest BCUT2D eigenvalue weighted by atomic mass is 16.1. The van der Waals surface area contributed by atoms with E-state index in [0.29, 0.717) is 19.5 Å². The number of rotatable bonds is 8. The maximum Gasteiger partial charge on any atom is 0.221 e. The van der Waals surface area contributed by atoms with E-state index in [0.717, 1.165) is 24.3 Å². The van der Waals surface area contributed by atoms with E-state index in [1.165, 1.54) is 0 Å². The molecule has 0 spiro atoms. The molecule has 0 fully saturated rings. The lowest BCUT2D eigenvalue weighted by molar-refractivity contribution is -0.121. The van der Waals surface area contributed by atoms with Gasteiger partial charge in [-0.05, 0) is 31.5 Å². The molecule has 2 rings (SSSR count). The molecule has 21 heavy (non-hydrogen) atoms. The van der Waals surface area contributed by atoms with Gasteiger partial charge in [-0.15, -0.1) is 0 Å². The Balaban J connectivity index is 1.54. The molecule has 0 unspecified atom stereocenters. The van der Waals surface area contributed by atoms with Crippen molar-refractivity contribution in [1.29, 1.82) is 0 Å². The summed E-state index contributed by atoms with van der Waals surface area (Å²) in [7, 11) is 0. The first-order chi connectivity index (χ1) is 10.3. The van der Waals surface area contributed by atoms with E-state index in [2.05, 4.69) is 20.7 Å². The van der Waals surface area contributed by atoms with E-state index in [4.69, 9.17) is 0 Å². The molecule has 0 radical (unpaired) electrons. The third-order valence-corrected chi connectivity index (χ3v) is 3.15. The van der Waals surface area contributed by atoms with Gasteiger partial charge in [0.15, 0.2) is 0 Å². The third-order valence-electron chi connectivity index (χ3n) is 3.15. The zero-order valence-corrected chi connectivity index (χ0v) is 12.2. The third kappa shape index (κ3) is 5.25. The Morgan fingerprint density at radius 2 is 2.19 bits per heavy atom. The van der Waals surface area contributed by atoms with Gasteiger partial charge in [0.2, 0.25) is 5.91 Å². The molecule has 2 heterocycles. The van der Waals surface area contributed by atoms with Crippen molar-refractivity contribution in [3.63, 3.8) is 0 Å². The molecule has 112 valence electrons. The fourth-order valence-electron chi connectivity index (χ4n) is 1.94. The van der Waals surface area contributed by atoms with Crippen molar-refractivity contribution in [3.8, 4) is 0 Å². The predicted molar refractivity (Wildman–Crippen MR) is 81.9 cm³/mol. The molecule has 6 heteroatoms. The Morgan fingerprint density at radius 1 is 1.29 bits per heavy atom. The van der Waals surface area contributed by atoms with Crippen LogP contribution in [0.1, 0.15) is 18.5 Å². The summed E-state index contributed by atoms with van der Waals surface area (Å²) in [4.78, 5) is 15.7. The van der Waals surface area contributed by atoms with Gasteiger partial charge in [0.25, 0.3) is 0 Å². The Labute approximate surface area is 124 Å². The average Bonchev–Trinajstić information content (AvgIpc) is 2.91. The summed E-state index contributed by atoms with van der Waals surface area (Å²) < 4.78 is 1.84. The largest absolute Gasteiger partial charge is 0.384 e. The van der Waals surface area contributed by atoms with Crippen LogP contribution in [0.15, 0.2) is 36.8 Å². The minimum absolute atomic E-state index is 0.0614. The van der Waals surface area contributed by atoms with Crippen LogP contribution in [0.2, 0.25) is 0 Å². The lowest BCUT2D eigenvalue weighted by Crippen LogP contribution is -2.27. The van der Waals surface area contributed by atoms with Gasteiger partial charge < -0.3 is 10.6 Å². The molecule has 0 aliphatic rings. The van der Waals surface area contributed by atoms with Crippen molar-refractivity contribution in [2.45, 2.75) is 26.3 Å². The van der Waals surface area contributed by atoms with Crippen LogP contribution in [0, 0.1) is 6.92 Å². The van der Waals surface area contributed by atoms with Gasteiger partial charge in [-0.1, -0.05) is 0 Å². The summed E-state index contributed by atoms with van der Waals surface area (Å²) in [5.74, 6) is 0.0614. The normalized spacial score (nSPS) is 10.3. The highest BCUT2D eigenvalue weighted by Crippen LogP contribution is 2.01. The first kappa shape index (κ1) is 15.0. The van der Waals surface area contributed by atoms with Gasteiger partial charge >= 0.3 is 0 Å². The van der Waals surface area contributed by atoms with Crippen molar-refractivity contribution in [2.75, 3.05) is 18.4 Å². The van der Waals surface area contributed by atoms with E-state index in [-0.39, 0.29) is 5.91 Å². The van der Waals surface area contributed by atoms with Crippen molar-refractivity contribution >= 4 is 11.6 Å². The number of amides is 1. The zero-order valence-electron chi connectivity index (χ0n) is 12.2. The Kier molecular flexibility index (Phi) is 5.75. The molecule has 2 N–H and O–H groups in total. The number of hydrogen-bond donors (Lipinski definition) is 2. The second-order valence-corrected chi connectivity index (χ2v) is 4.82. The Morgan fingerprint density at radius 3 is 2.90 bits per heavy atom. The van der Waals surface area contributed by atoms with Gasteiger partial charge in [-0.3, -0.25) is 14.5 Å². The van der Waals surface area contributed by atoms with Crippen LogP contribution in [0.5, 0.6) is 0 Å². The first-order valence-corrected chi connectivity index (χ1v) is 7.15. The fraction of sp³-hybridized carbons (Fsp3) is 0.400. The number of hydrogen-bond acceptors (Lipinski definition) is 4. The molecule has 0 aliphatic heterocycles. The lowest BCUT2D eigenvalue weighted by atomic mass is 10.3. The van der Waals surface area contributed by atoms with E-state index in [1.807, 2.05) is 29.8 Å². The number of anilines is 1. The van der Waals surface area contributed by atoms with Crippen molar-refractivity contribution in [1.82, 2.24) is 20.1 Å². The number of carbonyl (C=O) groups excluding carboxylic acids is 1. The zero-order chi connectivity index (χ0) is 14.9. The number of pyridine rings is 1. The number of aromatic nitrogens is 3. The summed E-state index contributed by atoms with van der Waals surface area (Å²) in [6.45, 7) is 4.09. The number of aryl methyl sites for hydroxylation is 2. The van der Waals surface area contributed by atoms with Crippen LogP contribution in [-0.4, -0.2) is 33.8 Å². The Bertz CT molecular complexity index is 552. The summed E-state index contributed by atoms with van der Waals surface area (Å²) >= 11 is 0. The minimum Gasteiger partial charge on any atom is -0.384 e. The molecule has 6 nitrogen and oxygen atoms in total. The van der Waals surface area contributed by atoms with Crippen molar-refractivity contribution in [3.05, 3.63) is 42.5 Å². The van der Waals surface area contributed by atoms with Gasteiger partial charge in [-0.25, -0.2) is 0 Å². The van der Waals surface area contributed by atoms with Gasteiger partial charge in [0, 0.05) is 50.3 Å². The number of nitrogens with zero attached hydrogens (tertiary/aromatic N) is 3. The molecule has 0 bridgehead atoms. The predicted octanol–water partition coefficient (Wildman–Crippen LogP) is 1.60. The van der Waals surface area contributed by atoms with E-state index >= 15 is 0 Å². The second kappa shape index (κ2) is 8.04.